The third-order valence-corrected chi connectivity index (χ3v) is 5.93. The smallest absolute Gasteiger partial charge is 0.127 e. The van der Waals surface area contributed by atoms with E-state index in [4.69, 9.17) is 9.72 Å². The largest absolute Gasteiger partial charge is 0.493 e. The number of benzene rings is 2. The minimum absolute atomic E-state index is 0.356. The Morgan fingerprint density at radius 2 is 1.71 bits per heavy atom. The van der Waals surface area contributed by atoms with Gasteiger partial charge in [-0.3, -0.25) is 4.90 Å². The van der Waals surface area contributed by atoms with Crippen molar-refractivity contribution in [2.75, 3.05) is 19.7 Å². The first-order valence-corrected chi connectivity index (χ1v) is 10.5. The number of para-hydroxylation sites is 3. The van der Waals surface area contributed by atoms with E-state index in [1.807, 2.05) is 0 Å². The van der Waals surface area contributed by atoms with Gasteiger partial charge in [0, 0.05) is 6.54 Å². The minimum Gasteiger partial charge on any atom is -0.493 e. The van der Waals surface area contributed by atoms with E-state index in [2.05, 4.69) is 72.7 Å². The van der Waals surface area contributed by atoms with Crippen LogP contribution in [0.25, 0.3) is 11.0 Å². The van der Waals surface area contributed by atoms with E-state index >= 15 is 0 Å². The van der Waals surface area contributed by atoms with Crippen LogP contribution in [-0.2, 0) is 6.54 Å². The molecule has 1 fully saturated rings. The summed E-state index contributed by atoms with van der Waals surface area (Å²) in [4.78, 5) is 7.56. The third kappa shape index (κ3) is 3.79. The molecule has 1 saturated heterocycles. The van der Waals surface area contributed by atoms with E-state index in [1.165, 1.54) is 48.4 Å². The van der Waals surface area contributed by atoms with E-state index in [0.717, 1.165) is 30.8 Å². The van der Waals surface area contributed by atoms with Gasteiger partial charge in [0.15, 0.2) is 0 Å². The molecule has 148 valence electrons. The number of ether oxygens (including phenoxy) is 1. The average Bonchev–Trinajstić information content (AvgIpc) is 3.35. The Bertz CT molecular complexity index is 920. The fourth-order valence-corrected chi connectivity index (χ4v) is 4.36. The van der Waals surface area contributed by atoms with Crippen LogP contribution in [0.2, 0.25) is 0 Å². The molecule has 4 heteroatoms. The summed E-state index contributed by atoms with van der Waals surface area (Å²) in [6.07, 6.45) is 3.57. The first kappa shape index (κ1) is 19.0. The second-order valence-electron chi connectivity index (χ2n) is 7.95. The van der Waals surface area contributed by atoms with Gasteiger partial charge in [-0.15, -0.1) is 0 Å². The van der Waals surface area contributed by atoms with Crippen LogP contribution >= 0.6 is 0 Å². The lowest BCUT2D eigenvalue weighted by molar-refractivity contribution is 0.245. The fourth-order valence-electron chi connectivity index (χ4n) is 4.36. The zero-order valence-corrected chi connectivity index (χ0v) is 17.3. The van der Waals surface area contributed by atoms with Gasteiger partial charge in [-0.2, -0.15) is 0 Å². The Hall–Kier alpha value is -2.33. The number of hydrogen-bond donors (Lipinski definition) is 0. The van der Waals surface area contributed by atoms with E-state index in [9.17, 15) is 0 Å². The molecule has 0 bridgehead atoms. The van der Waals surface area contributed by atoms with Gasteiger partial charge in [-0.25, -0.2) is 4.98 Å². The van der Waals surface area contributed by atoms with Crippen LogP contribution in [0.3, 0.4) is 0 Å². The molecule has 28 heavy (non-hydrogen) atoms. The molecule has 4 rings (SSSR count). The standard InChI is InChI=1S/C24H31N3O/c1-18-10-8-11-19(2)23(18)28-17-9-16-27-22-13-5-4-12-21(22)25-24(27)20(3)26-14-6-7-15-26/h4-5,8,10-13,20H,6-7,9,14-17H2,1-3H3. The Balaban J connectivity index is 1.50. The molecular weight excluding hydrogens is 346 g/mol. The SMILES string of the molecule is Cc1cccc(C)c1OCCCn1c(C(C)N2CCCC2)nc2ccccc21. The first-order valence-electron chi connectivity index (χ1n) is 10.5. The normalized spacial score (nSPS) is 16.0. The second-order valence-corrected chi connectivity index (χ2v) is 7.95. The number of fused-ring (bicyclic) bond motifs is 1. The number of hydrogen-bond acceptors (Lipinski definition) is 3. The maximum absolute atomic E-state index is 6.13. The Morgan fingerprint density at radius 1 is 1.00 bits per heavy atom. The Labute approximate surface area is 168 Å². The summed E-state index contributed by atoms with van der Waals surface area (Å²) in [5, 5.41) is 0. The van der Waals surface area contributed by atoms with Gasteiger partial charge in [0.25, 0.3) is 0 Å². The number of likely N-dealkylation sites (tertiary alicyclic amines) is 1. The van der Waals surface area contributed by atoms with Gasteiger partial charge < -0.3 is 9.30 Å². The molecule has 0 aliphatic carbocycles. The molecular formula is C24H31N3O. The van der Waals surface area contributed by atoms with Gasteiger partial charge in [0.2, 0.25) is 0 Å². The summed E-state index contributed by atoms with van der Waals surface area (Å²) in [7, 11) is 0. The summed E-state index contributed by atoms with van der Waals surface area (Å²) in [5.74, 6) is 2.22. The average molecular weight is 378 g/mol. The van der Waals surface area contributed by atoms with E-state index in [1.54, 1.807) is 0 Å². The maximum atomic E-state index is 6.13. The van der Waals surface area contributed by atoms with Crippen LogP contribution in [0.4, 0.5) is 0 Å². The molecule has 1 aliphatic heterocycles. The molecule has 0 N–H and O–H groups in total. The predicted molar refractivity (Wildman–Crippen MR) is 115 cm³/mol. The van der Waals surface area contributed by atoms with Crippen LogP contribution in [0.15, 0.2) is 42.5 Å². The van der Waals surface area contributed by atoms with Gasteiger partial charge in [-0.05, 0) is 76.4 Å². The lowest BCUT2D eigenvalue weighted by Gasteiger charge is -2.24. The minimum atomic E-state index is 0.356. The molecule has 1 atom stereocenters. The van der Waals surface area contributed by atoms with E-state index in [-0.39, 0.29) is 0 Å². The van der Waals surface area contributed by atoms with E-state index < -0.39 is 0 Å². The molecule has 0 radical (unpaired) electrons. The van der Waals surface area contributed by atoms with Gasteiger partial charge in [-0.1, -0.05) is 30.3 Å². The summed E-state index contributed by atoms with van der Waals surface area (Å²) < 4.78 is 8.54. The number of imidazole rings is 1. The summed E-state index contributed by atoms with van der Waals surface area (Å²) in [6.45, 7) is 10.5. The lowest BCUT2D eigenvalue weighted by atomic mass is 10.1. The van der Waals surface area contributed by atoms with Crippen molar-refractivity contribution in [1.82, 2.24) is 14.5 Å². The van der Waals surface area contributed by atoms with Crippen molar-refractivity contribution in [3.8, 4) is 5.75 Å². The molecule has 0 spiro atoms. The van der Waals surface area contributed by atoms with Gasteiger partial charge >= 0.3 is 0 Å². The highest BCUT2D eigenvalue weighted by atomic mass is 16.5. The first-order chi connectivity index (χ1) is 13.6. The van der Waals surface area contributed by atoms with Crippen molar-refractivity contribution in [2.24, 2.45) is 0 Å². The molecule has 4 nitrogen and oxygen atoms in total. The van der Waals surface area contributed by atoms with Crippen molar-refractivity contribution < 1.29 is 4.74 Å². The van der Waals surface area contributed by atoms with Gasteiger partial charge in [0.05, 0.1) is 23.7 Å². The number of aryl methyl sites for hydroxylation is 3. The molecule has 2 heterocycles. The molecule has 1 unspecified atom stereocenters. The predicted octanol–water partition coefficient (Wildman–Crippen LogP) is 5.28. The second kappa shape index (κ2) is 8.36. The van der Waals surface area contributed by atoms with Crippen LogP contribution < -0.4 is 4.74 Å². The zero-order valence-electron chi connectivity index (χ0n) is 17.3. The van der Waals surface area contributed by atoms with Crippen molar-refractivity contribution in [2.45, 2.75) is 52.6 Å². The molecule has 0 amide bonds. The van der Waals surface area contributed by atoms with Crippen LogP contribution in [0, 0.1) is 13.8 Å². The lowest BCUT2D eigenvalue weighted by Crippen LogP contribution is -2.26. The van der Waals surface area contributed by atoms with Crippen molar-refractivity contribution in [3.05, 3.63) is 59.4 Å². The topological polar surface area (TPSA) is 30.3 Å². The van der Waals surface area contributed by atoms with Crippen LogP contribution in [0.5, 0.6) is 5.75 Å². The third-order valence-electron chi connectivity index (χ3n) is 5.93. The Morgan fingerprint density at radius 3 is 2.46 bits per heavy atom. The molecule has 2 aromatic carbocycles. The molecule has 1 aromatic heterocycles. The monoisotopic (exact) mass is 377 g/mol. The van der Waals surface area contributed by atoms with E-state index in [0.29, 0.717) is 6.04 Å². The number of aromatic nitrogens is 2. The fraction of sp³-hybridized carbons (Fsp3) is 0.458. The molecule has 1 aliphatic rings. The highest BCUT2D eigenvalue weighted by Crippen LogP contribution is 2.28. The van der Waals surface area contributed by atoms with Crippen molar-refractivity contribution >= 4 is 11.0 Å². The van der Waals surface area contributed by atoms with Crippen LogP contribution in [0.1, 0.15) is 49.2 Å². The summed E-state index contributed by atoms with van der Waals surface area (Å²) in [5.41, 5.74) is 4.74. The maximum Gasteiger partial charge on any atom is 0.127 e. The number of rotatable bonds is 7. The Kier molecular flexibility index (Phi) is 5.67. The quantitative estimate of drug-likeness (QED) is 0.525. The van der Waals surface area contributed by atoms with Crippen molar-refractivity contribution in [3.63, 3.8) is 0 Å². The highest BCUT2D eigenvalue weighted by molar-refractivity contribution is 5.76. The zero-order chi connectivity index (χ0) is 19.5. The van der Waals surface area contributed by atoms with Crippen molar-refractivity contribution in [1.29, 1.82) is 0 Å². The molecule has 3 aromatic rings. The highest BCUT2D eigenvalue weighted by Gasteiger charge is 2.24. The summed E-state index contributed by atoms with van der Waals surface area (Å²) in [6, 6.07) is 15.2. The van der Waals surface area contributed by atoms with Crippen LogP contribution in [-0.4, -0.2) is 34.1 Å². The van der Waals surface area contributed by atoms with Gasteiger partial charge in [0.1, 0.15) is 11.6 Å². The number of nitrogens with zero attached hydrogens (tertiary/aromatic N) is 3. The summed E-state index contributed by atoms with van der Waals surface area (Å²) >= 11 is 0. The molecule has 0 saturated carbocycles.